The molecule has 0 spiro atoms. The Bertz CT molecular complexity index is 665. The molecule has 20 heavy (non-hydrogen) atoms. The number of amides is 1. The molecule has 0 aromatic carbocycles. The normalized spacial score (nSPS) is 10.3. The number of rotatable bonds is 4. The largest absolute Gasteiger partial charge is 0.477 e. The highest BCUT2D eigenvalue weighted by atomic mass is 16.4. The number of hydrogen-bond acceptors (Lipinski definition) is 5. The molecule has 0 fully saturated rings. The van der Waals surface area contributed by atoms with Crippen LogP contribution in [0.1, 0.15) is 21.9 Å². The average Bonchev–Trinajstić information content (AvgIpc) is 2.82. The minimum absolute atomic E-state index is 0.0410. The van der Waals surface area contributed by atoms with Crippen LogP contribution >= 0.6 is 0 Å². The van der Waals surface area contributed by atoms with Gasteiger partial charge in [0.15, 0.2) is 0 Å². The fourth-order valence-electron chi connectivity index (χ4n) is 1.57. The van der Waals surface area contributed by atoms with Gasteiger partial charge in [0.05, 0.1) is 11.4 Å². The van der Waals surface area contributed by atoms with Gasteiger partial charge in [0.1, 0.15) is 12.2 Å². The molecule has 0 saturated carbocycles. The van der Waals surface area contributed by atoms with Gasteiger partial charge in [-0.1, -0.05) is 0 Å². The molecule has 0 aliphatic heterocycles. The van der Waals surface area contributed by atoms with Crippen LogP contribution in [0.5, 0.6) is 0 Å². The van der Waals surface area contributed by atoms with Crippen molar-refractivity contribution in [3.05, 3.63) is 35.4 Å². The summed E-state index contributed by atoms with van der Waals surface area (Å²) in [6.45, 7) is 3.39. The Morgan fingerprint density at radius 1 is 1.30 bits per heavy atom. The third-order valence-electron chi connectivity index (χ3n) is 2.71. The molecule has 0 bridgehead atoms. The van der Waals surface area contributed by atoms with Crippen molar-refractivity contribution in [2.45, 2.75) is 20.4 Å². The Balaban J connectivity index is 2.07. The highest BCUT2D eigenvalue weighted by Gasteiger charge is 2.12. The molecule has 1 amide bonds. The lowest BCUT2D eigenvalue weighted by Crippen LogP contribution is -2.22. The summed E-state index contributed by atoms with van der Waals surface area (Å²) in [5, 5.41) is 19.0. The predicted molar refractivity (Wildman–Crippen MR) is 69.3 cm³/mol. The summed E-state index contributed by atoms with van der Waals surface area (Å²) in [6.07, 6.45) is 1.52. The molecule has 0 radical (unpaired) electrons. The fraction of sp³-hybridized carbons (Fsp3) is 0.250. The second-order valence-corrected chi connectivity index (χ2v) is 4.18. The Kier molecular flexibility index (Phi) is 3.74. The molecule has 2 aromatic heterocycles. The minimum Gasteiger partial charge on any atom is -0.477 e. The van der Waals surface area contributed by atoms with Crippen molar-refractivity contribution < 1.29 is 14.7 Å². The second-order valence-electron chi connectivity index (χ2n) is 4.18. The molecule has 0 atom stereocenters. The van der Waals surface area contributed by atoms with E-state index < -0.39 is 11.9 Å². The monoisotopic (exact) mass is 275 g/mol. The maximum Gasteiger partial charge on any atom is 0.352 e. The molecule has 8 nitrogen and oxygen atoms in total. The first-order valence-electron chi connectivity index (χ1n) is 5.83. The molecule has 0 unspecified atom stereocenters. The lowest BCUT2D eigenvalue weighted by atomic mass is 10.4. The van der Waals surface area contributed by atoms with E-state index >= 15 is 0 Å². The smallest absolute Gasteiger partial charge is 0.352 e. The number of carboxylic acids is 1. The van der Waals surface area contributed by atoms with Gasteiger partial charge in [-0.15, -0.1) is 5.10 Å². The lowest BCUT2D eigenvalue weighted by Gasteiger charge is -2.07. The van der Waals surface area contributed by atoms with Crippen molar-refractivity contribution in [2.24, 2.45) is 0 Å². The van der Waals surface area contributed by atoms with E-state index in [4.69, 9.17) is 5.11 Å². The summed E-state index contributed by atoms with van der Waals surface area (Å²) in [5.41, 5.74) is 1.39. The Hall–Kier alpha value is -2.77. The number of hydrogen-bond donors (Lipinski definition) is 2. The van der Waals surface area contributed by atoms with Crippen LogP contribution in [0.15, 0.2) is 18.3 Å². The van der Waals surface area contributed by atoms with Crippen LogP contribution in [0, 0.1) is 13.8 Å². The first-order chi connectivity index (χ1) is 9.47. The van der Waals surface area contributed by atoms with Crippen LogP contribution in [0.4, 0.5) is 5.95 Å². The fourth-order valence-corrected chi connectivity index (χ4v) is 1.57. The highest BCUT2D eigenvalue weighted by molar-refractivity contribution is 5.90. The van der Waals surface area contributed by atoms with Gasteiger partial charge in [-0.25, -0.2) is 9.78 Å². The molecule has 2 aromatic rings. The summed E-state index contributed by atoms with van der Waals surface area (Å²) in [7, 11) is 0. The van der Waals surface area contributed by atoms with Crippen LogP contribution in [-0.2, 0) is 11.3 Å². The number of carboxylic acid groups (broad SMARTS) is 1. The summed E-state index contributed by atoms with van der Waals surface area (Å²) < 4.78 is 1.33. The summed E-state index contributed by atoms with van der Waals surface area (Å²) in [5.74, 6) is -1.41. The van der Waals surface area contributed by atoms with Gasteiger partial charge in [-0.3, -0.25) is 10.1 Å². The van der Waals surface area contributed by atoms with Gasteiger partial charge in [-0.05, 0) is 26.0 Å². The van der Waals surface area contributed by atoms with Gasteiger partial charge >= 0.3 is 5.97 Å². The Morgan fingerprint density at radius 3 is 2.70 bits per heavy atom. The molecule has 2 heterocycles. The van der Waals surface area contributed by atoms with E-state index in [9.17, 15) is 9.59 Å². The zero-order valence-corrected chi connectivity index (χ0v) is 11.0. The SMILES string of the molecule is Cc1nnc(NC(=O)Cn2cccc2C(=O)O)nc1C. The van der Waals surface area contributed by atoms with Crippen molar-refractivity contribution in [1.82, 2.24) is 19.7 Å². The van der Waals surface area contributed by atoms with Gasteiger partial charge in [0.2, 0.25) is 11.9 Å². The van der Waals surface area contributed by atoms with E-state index in [2.05, 4.69) is 20.5 Å². The Labute approximate surface area is 114 Å². The number of aromatic nitrogens is 4. The van der Waals surface area contributed by atoms with Crippen LogP contribution in [0.3, 0.4) is 0 Å². The molecule has 2 rings (SSSR count). The zero-order valence-electron chi connectivity index (χ0n) is 11.0. The Morgan fingerprint density at radius 2 is 2.05 bits per heavy atom. The topological polar surface area (TPSA) is 110 Å². The zero-order chi connectivity index (χ0) is 14.7. The molecule has 104 valence electrons. The molecule has 0 aliphatic rings. The summed E-state index contributed by atoms with van der Waals surface area (Å²) >= 11 is 0. The third kappa shape index (κ3) is 2.97. The summed E-state index contributed by atoms with van der Waals surface area (Å²) in [4.78, 5) is 26.8. The van der Waals surface area contributed by atoms with Crippen LogP contribution < -0.4 is 5.32 Å². The minimum atomic E-state index is -1.09. The standard InChI is InChI=1S/C12H13N5O3/c1-7-8(2)15-16-12(13-7)14-10(18)6-17-5-3-4-9(17)11(19)20/h3-5H,6H2,1-2H3,(H,19,20)(H,13,14,16,18). The van der Waals surface area contributed by atoms with E-state index in [1.165, 1.54) is 16.8 Å². The molecule has 0 saturated heterocycles. The number of aryl methyl sites for hydroxylation is 2. The first-order valence-corrected chi connectivity index (χ1v) is 5.83. The average molecular weight is 275 g/mol. The van der Waals surface area contributed by atoms with E-state index in [0.29, 0.717) is 11.4 Å². The number of anilines is 1. The van der Waals surface area contributed by atoms with E-state index in [1.807, 2.05) is 0 Å². The summed E-state index contributed by atoms with van der Waals surface area (Å²) in [6, 6.07) is 2.98. The van der Waals surface area contributed by atoms with E-state index in [-0.39, 0.29) is 18.2 Å². The molecular formula is C12H13N5O3. The number of aromatic carboxylic acids is 1. The van der Waals surface area contributed by atoms with Crippen molar-refractivity contribution >= 4 is 17.8 Å². The second kappa shape index (κ2) is 5.47. The van der Waals surface area contributed by atoms with Crippen LogP contribution in [0.25, 0.3) is 0 Å². The van der Waals surface area contributed by atoms with E-state index in [0.717, 1.165) is 0 Å². The number of nitrogens with zero attached hydrogens (tertiary/aromatic N) is 4. The van der Waals surface area contributed by atoms with Crippen LogP contribution in [0.2, 0.25) is 0 Å². The maximum absolute atomic E-state index is 11.8. The van der Waals surface area contributed by atoms with E-state index in [1.54, 1.807) is 19.9 Å². The van der Waals surface area contributed by atoms with Gasteiger partial charge in [0, 0.05) is 6.20 Å². The van der Waals surface area contributed by atoms with Gasteiger partial charge in [0.25, 0.3) is 0 Å². The lowest BCUT2D eigenvalue weighted by molar-refractivity contribution is -0.116. The maximum atomic E-state index is 11.8. The quantitative estimate of drug-likeness (QED) is 0.846. The van der Waals surface area contributed by atoms with Crippen molar-refractivity contribution in [3.8, 4) is 0 Å². The molecular weight excluding hydrogens is 262 g/mol. The number of carbonyl (C=O) groups is 2. The highest BCUT2D eigenvalue weighted by Crippen LogP contribution is 2.05. The molecule has 0 aliphatic carbocycles. The van der Waals surface area contributed by atoms with Gasteiger partial charge < -0.3 is 9.67 Å². The molecule has 8 heteroatoms. The van der Waals surface area contributed by atoms with Crippen molar-refractivity contribution in [2.75, 3.05) is 5.32 Å². The molecule has 2 N–H and O–H groups in total. The third-order valence-corrected chi connectivity index (χ3v) is 2.71. The van der Waals surface area contributed by atoms with Crippen molar-refractivity contribution in [1.29, 1.82) is 0 Å². The predicted octanol–water partition coefficient (Wildman–Crippen LogP) is 0.627. The first kappa shape index (κ1) is 13.7. The van der Waals surface area contributed by atoms with Crippen LogP contribution in [-0.4, -0.2) is 36.7 Å². The van der Waals surface area contributed by atoms with Gasteiger partial charge in [-0.2, -0.15) is 5.10 Å². The van der Waals surface area contributed by atoms with Crippen molar-refractivity contribution in [3.63, 3.8) is 0 Å². The number of nitrogens with one attached hydrogen (secondary N) is 1. The number of carbonyl (C=O) groups excluding carboxylic acids is 1.